The summed E-state index contributed by atoms with van der Waals surface area (Å²) >= 11 is 6.10. The molecule has 1 aromatic heterocycles. The van der Waals surface area contributed by atoms with Crippen molar-refractivity contribution in [1.82, 2.24) is 9.88 Å². The molecule has 3 aromatic rings. The highest BCUT2D eigenvalue weighted by atomic mass is 35.5. The number of carboxylic acid groups (broad SMARTS) is 1. The Bertz CT molecular complexity index is 1330. The van der Waals surface area contributed by atoms with Gasteiger partial charge < -0.3 is 30.3 Å². The van der Waals surface area contributed by atoms with Crippen LogP contribution in [0.5, 0.6) is 5.75 Å². The van der Waals surface area contributed by atoms with Crippen molar-refractivity contribution in [1.29, 1.82) is 0 Å². The summed E-state index contributed by atoms with van der Waals surface area (Å²) < 4.78 is 5.46. The quantitative estimate of drug-likeness (QED) is 0.380. The molecule has 1 fully saturated rings. The molecule has 1 unspecified atom stereocenters. The highest BCUT2D eigenvalue weighted by molar-refractivity contribution is 6.33. The summed E-state index contributed by atoms with van der Waals surface area (Å²) in [4.78, 5) is 44.6. The van der Waals surface area contributed by atoms with E-state index in [1.807, 2.05) is 16.8 Å². The van der Waals surface area contributed by atoms with Gasteiger partial charge in [0.1, 0.15) is 17.6 Å². The van der Waals surface area contributed by atoms with Crippen LogP contribution in [0.25, 0.3) is 0 Å². The number of anilines is 3. The van der Waals surface area contributed by atoms with E-state index in [9.17, 15) is 14.4 Å². The van der Waals surface area contributed by atoms with Crippen LogP contribution in [0.15, 0.2) is 60.8 Å². The van der Waals surface area contributed by atoms with Crippen molar-refractivity contribution in [3.8, 4) is 5.75 Å². The minimum Gasteiger partial charge on any atom is -0.495 e. The van der Waals surface area contributed by atoms with Gasteiger partial charge in [0.15, 0.2) is 0 Å². The lowest BCUT2D eigenvalue weighted by molar-refractivity contribution is -0.131. The number of carbonyl (C=O) groups excluding carboxylic acids is 2. The first kappa shape index (κ1) is 26.7. The number of nitrogens with one attached hydrogen (secondary N) is 2. The number of benzene rings is 2. The van der Waals surface area contributed by atoms with Gasteiger partial charge in [0.2, 0.25) is 5.91 Å². The van der Waals surface area contributed by atoms with Crippen LogP contribution < -0.4 is 20.3 Å². The highest BCUT2D eigenvalue weighted by Gasteiger charge is 2.32. The minimum absolute atomic E-state index is 0.0327. The number of nitrogens with zero attached hydrogens (tertiary/aromatic N) is 3. The van der Waals surface area contributed by atoms with Crippen LogP contribution in [-0.4, -0.2) is 59.8 Å². The lowest BCUT2D eigenvalue weighted by atomic mass is 10.1. The van der Waals surface area contributed by atoms with Gasteiger partial charge in [0, 0.05) is 13.6 Å². The SMILES string of the molecule is COc1cc(CC(=O)N2CCCC2N(C)c2ccc(C(=O)O)nc2)ccc1NC(=O)Nc1ccccc1Cl. The van der Waals surface area contributed by atoms with Gasteiger partial charge in [0.25, 0.3) is 0 Å². The Kier molecular flexibility index (Phi) is 8.32. The van der Waals surface area contributed by atoms with Gasteiger partial charge in [-0.25, -0.2) is 14.6 Å². The molecule has 4 rings (SSSR count). The van der Waals surface area contributed by atoms with E-state index in [2.05, 4.69) is 15.6 Å². The van der Waals surface area contributed by atoms with E-state index in [1.54, 1.807) is 48.5 Å². The average molecular weight is 538 g/mol. The largest absolute Gasteiger partial charge is 0.495 e. The number of aromatic carboxylic acids is 1. The molecule has 0 spiro atoms. The second-order valence-electron chi connectivity index (χ2n) is 8.80. The minimum atomic E-state index is -1.09. The van der Waals surface area contributed by atoms with Crippen molar-refractivity contribution in [2.24, 2.45) is 0 Å². The maximum Gasteiger partial charge on any atom is 0.354 e. The van der Waals surface area contributed by atoms with E-state index >= 15 is 0 Å². The fraction of sp³-hybridized carbons (Fsp3) is 0.259. The first-order chi connectivity index (χ1) is 18.3. The Balaban J connectivity index is 1.41. The van der Waals surface area contributed by atoms with Gasteiger partial charge in [-0.15, -0.1) is 0 Å². The molecule has 1 saturated heterocycles. The zero-order valence-electron chi connectivity index (χ0n) is 21.0. The highest BCUT2D eigenvalue weighted by Crippen LogP contribution is 2.29. The average Bonchev–Trinajstić information content (AvgIpc) is 3.41. The van der Waals surface area contributed by atoms with Gasteiger partial charge in [-0.2, -0.15) is 0 Å². The van der Waals surface area contributed by atoms with Crippen molar-refractivity contribution < 1.29 is 24.2 Å². The normalized spacial score (nSPS) is 14.6. The van der Waals surface area contributed by atoms with E-state index in [-0.39, 0.29) is 24.2 Å². The summed E-state index contributed by atoms with van der Waals surface area (Å²) in [5.74, 6) is -0.715. The van der Waals surface area contributed by atoms with Crippen LogP contribution in [-0.2, 0) is 11.2 Å². The number of carbonyl (C=O) groups is 3. The van der Waals surface area contributed by atoms with Gasteiger partial charge in [-0.1, -0.05) is 29.8 Å². The summed E-state index contributed by atoms with van der Waals surface area (Å²) in [5, 5.41) is 14.9. The van der Waals surface area contributed by atoms with Crippen LogP contribution in [0.1, 0.15) is 28.9 Å². The second-order valence-corrected chi connectivity index (χ2v) is 9.21. The van der Waals surface area contributed by atoms with E-state index in [0.717, 1.165) is 24.1 Å². The van der Waals surface area contributed by atoms with E-state index < -0.39 is 12.0 Å². The molecular formula is C27H28ClN5O5. The zero-order chi connectivity index (χ0) is 27.2. The smallest absolute Gasteiger partial charge is 0.354 e. The molecule has 2 heterocycles. The number of hydrogen-bond acceptors (Lipinski definition) is 6. The summed E-state index contributed by atoms with van der Waals surface area (Å²) in [6, 6.07) is 14.8. The first-order valence-corrected chi connectivity index (χ1v) is 12.4. The summed E-state index contributed by atoms with van der Waals surface area (Å²) in [6.45, 7) is 0.619. The topological polar surface area (TPSA) is 124 Å². The number of carboxylic acids is 1. The van der Waals surface area contributed by atoms with Crippen molar-refractivity contribution >= 4 is 46.6 Å². The number of aromatic nitrogens is 1. The second kappa shape index (κ2) is 11.8. The third-order valence-electron chi connectivity index (χ3n) is 6.35. The Morgan fingerprint density at radius 1 is 1.13 bits per heavy atom. The summed E-state index contributed by atoms with van der Waals surface area (Å²) in [7, 11) is 3.36. The fourth-order valence-corrected chi connectivity index (χ4v) is 4.58. The molecule has 1 aliphatic heterocycles. The first-order valence-electron chi connectivity index (χ1n) is 12.0. The van der Waals surface area contributed by atoms with Gasteiger partial charge in [-0.05, 0) is 54.8 Å². The monoisotopic (exact) mass is 537 g/mol. The number of ether oxygens (including phenoxy) is 1. The Hall–Kier alpha value is -4.31. The molecule has 0 saturated carbocycles. The molecule has 198 valence electrons. The number of pyridine rings is 1. The van der Waals surface area contributed by atoms with Gasteiger partial charge in [0.05, 0.1) is 41.8 Å². The molecule has 1 aliphatic rings. The van der Waals surface area contributed by atoms with Crippen molar-refractivity contribution in [2.45, 2.75) is 25.4 Å². The Morgan fingerprint density at radius 2 is 1.89 bits per heavy atom. The van der Waals surface area contributed by atoms with E-state index in [0.29, 0.717) is 28.7 Å². The van der Waals surface area contributed by atoms with Crippen molar-refractivity contribution in [2.75, 3.05) is 36.2 Å². The molecule has 11 heteroatoms. The summed E-state index contributed by atoms with van der Waals surface area (Å²) in [5.41, 5.74) is 2.36. The number of rotatable bonds is 8. The molecule has 0 bridgehead atoms. The molecule has 0 radical (unpaired) electrons. The lowest BCUT2D eigenvalue weighted by Gasteiger charge is -2.34. The number of hydrogen-bond donors (Lipinski definition) is 3. The van der Waals surface area contributed by atoms with Crippen LogP contribution in [0, 0.1) is 0 Å². The number of urea groups is 1. The molecule has 38 heavy (non-hydrogen) atoms. The molecule has 3 amide bonds. The Morgan fingerprint density at radius 3 is 2.58 bits per heavy atom. The molecule has 10 nitrogen and oxygen atoms in total. The maximum absolute atomic E-state index is 13.3. The molecule has 1 atom stereocenters. The lowest BCUT2D eigenvalue weighted by Crippen LogP contribution is -2.46. The fourth-order valence-electron chi connectivity index (χ4n) is 4.40. The van der Waals surface area contributed by atoms with Crippen LogP contribution in [0.2, 0.25) is 5.02 Å². The predicted molar refractivity (Wildman–Crippen MR) is 145 cm³/mol. The van der Waals surface area contributed by atoms with Crippen LogP contribution in [0.3, 0.4) is 0 Å². The molecular weight excluding hydrogens is 510 g/mol. The van der Waals surface area contributed by atoms with Crippen molar-refractivity contribution in [3.05, 3.63) is 77.1 Å². The zero-order valence-corrected chi connectivity index (χ0v) is 21.7. The molecule has 0 aliphatic carbocycles. The standard InChI is InChI=1S/C27H28ClN5O5/c1-32(18-10-12-22(26(35)36)29-16-18)24-8-5-13-33(24)25(34)15-17-9-11-21(23(14-17)38-2)31-27(37)30-20-7-4-3-6-19(20)28/h3-4,6-7,9-12,14,16,24H,5,8,13,15H2,1-2H3,(H,35,36)(H2,30,31,37). The molecule has 3 N–H and O–H groups in total. The predicted octanol–water partition coefficient (Wildman–Crippen LogP) is 4.71. The van der Waals surface area contributed by atoms with Gasteiger partial charge >= 0.3 is 12.0 Å². The van der Waals surface area contributed by atoms with Crippen LogP contribution >= 0.6 is 11.6 Å². The Labute approximate surface area is 225 Å². The van der Waals surface area contributed by atoms with Crippen molar-refractivity contribution in [3.63, 3.8) is 0 Å². The van der Waals surface area contributed by atoms with E-state index in [4.69, 9.17) is 21.4 Å². The number of methoxy groups -OCH3 is 1. The third kappa shape index (κ3) is 6.15. The third-order valence-corrected chi connectivity index (χ3v) is 6.68. The van der Waals surface area contributed by atoms with E-state index in [1.165, 1.54) is 19.4 Å². The summed E-state index contributed by atoms with van der Waals surface area (Å²) in [6.07, 6.45) is 3.13. The number of para-hydroxylation sites is 1. The van der Waals surface area contributed by atoms with Crippen LogP contribution in [0.4, 0.5) is 21.9 Å². The number of halogens is 1. The molecule has 2 aromatic carbocycles. The van der Waals surface area contributed by atoms with Gasteiger partial charge in [-0.3, -0.25) is 4.79 Å². The maximum atomic E-state index is 13.3. The number of likely N-dealkylation sites (tertiary alicyclic amines) is 1. The number of amides is 3.